The van der Waals surface area contributed by atoms with Gasteiger partial charge in [0.05, 0.1) is 33.1 Å². The highest BCUT2D eigenvalue weighted by molar-refractivity contribution is 14.1. The van der Waals surface area contributed by atoms with E-state index in [0.717, 1.165) is 49.1 Å². The first-order valence-electron chi connectivity index (χ1n) is 37.5. The van der Waals surface area contributed by atoms with Crippen LogP contribution in [-0.4, -0.2) is 40.8 Å². The van der Waals surface area contributed by atoms with Crippen molar-refractivity contribution in [3.05, 3.63) is 409 Å². The lowest BCUT2D eigenvalue weighted by Crippen LogP contribution is -2.32. The van der Waals surface area contributed by atoms with Gasteiger partial charge in [-0.1, -0.05) is 306 Å². The summed E-state index contributed by atoms with van der Waals surface area (Å²) in [5.41, 5.74) is 23.2. The summed E-state index contributed by atoms with van der Waals surface area (Å²) in [6, 6.07) is 122. The van der Waals surface area contributed by atoms with Gasteiger partial charge in [0.1, 0.15) is 0 Å². The lowest BCUT2D eigenvalue weighted by Gasteiger charge is -2.13. The largest absolute Gasteiger partial charge is 0.488 e. The third-order valence-electron chi connectivity index (χ3n) is 20.3. The zero-order valence-electron chi connectivity index (χ0n) is 63.3. The Kier molecular flexibility index (Phi) is 26.1. The van der Waals surface area contributed by atoms with Gasteiger partial charge in [0, 0.05) is 128 Å². The molecule has 0 unspecified atom stereocenters. The molecule has 0 spiro atoms. The number of benzene rings is 16. The Morgan fingerprint density at radius 2 is 0.517 bits per heavy atom. The number of aryl methyl sites for hydroxylation is 4. The molecule has 21 aromatic rings. The first-order valence-corrected chi connectivity index (χ1v) is 44.1. The number of nitrogens with zero attached hydrogens (tertiary/aromatic N) is 3. The molecular weight excluding hydrogens is 2000 g/mol. The predicted molar refractivity (Wildman–Crippen MR) is 528 cm³/mol. The van der Waals surface area contributed by atoms with E-state index in [1.807, 2.05) is 49.4 Å². The van der Waals surface area contributed by atoms with E-state index in [9.17, 15) is 10.0 Å². The van der Waals surface area contributed by atoms with E-state index in [0.29, 0.717) is 5.46 Å². The summed E-state index contributed by atoms with van der Waals surface area (Å²) in [4.78, 5) is 6.76. The Morgan fingerprint density at radius 3 is 0.810 bits per heavy atom. The van der Waals surface area contributed by atoms with Gasteiger partial charge >= 0.3 is 7.12 Å². The number of para-hydroxylation sites is 10. The van der Waals surface area contributed by atoms with E-state index >= 15 is 0 Å². The molecule has 0 atom stereocenters. The third kappa shape index (κ3) is 18.2. The summed E-state index contributed by atoms with van der Waals surface area (Å²) in [6.07, 6.45) is 0. The van der Waals surface area contributed by atoms with Gasteiger partial charge in [-0.15, -0.1) is 0 Å². The molecule has 5 heterocycles. The smallest absolute Gasteiger partial charge is 0.423 e. The highest BCUT2D eigenvalue weighted by Gasteiger charge is 2.19. The van der Waals surface area contributed by atoms with Gasteiger partial charge in [-0.3, -0.25) is 0 Å². The van der Waals surface area contributed by atoms with Crippen molar-refractivity contribution in [1.29, 1.82) is 0 Å². The first kappa shape index (κ1) is 81.7. The number of hydrogen-bond donors (Lipinski definition) is 4. The van der Waals surface area contributed by atoms with Gasteiger partial charge in [0.2, 0.25) is 0 Å². The molecule has 7 nitrogen and oxygen atoms in total. The number of rotatable bonds is 5. The van der Waals surface area contributed by atoms with E-state index < -0.39 is 7.12 Å². The second kappa shape index (κ2) is 37.0. The lowest BCUT2D eigenvalue weighted by atomic mass is 9.77. The van der Waals surface area contributed by atoms with Crippen molar-refractivity contribution in [3.8, 4) is 28.2 Å². The highest BCUT2D eigenvalue weighted by atomic mass is 127. The first-order chi connectivity index (χ1) is 56.3. The van der Waals surface area contributed by atoms with Gasteiger partial charge < -0.3 is 33.7 Å². The fraction of sp³-hybridized carbons (Fsp3) is 0.0400. The summed E-state index contributed by atoms with van der Waals surface area (Å²) in [6.45, 7) is 8.29. The van der Waals surface area contributed by atoms with Gasteiger partial charge in [0.25, 0.3) is 0 Å². The van der Waals surface area contributed by atoms with Crippen LogP contribution >= 0.6 is 134 Å². The number of hydrogen-bond acceptors (Lipinski definition) is 2. The zero-order chi connectivity index (χ0) is 80.7. The molecule has 5 aromatic heterocycles. The highest BCUT2D eigenvalue weighted by Crippen LogP contribution is 2.39. The molecule has 570 valence electrons. The van der Waals surface area contributed by atoms with E-state index in [1.54, 1.807) is 6.07 Å². The number of aromatic nitrogens is 5. The minimum atomic E-state index is -1.44. The molecule has 21 rings (SSSR count). The standard InChI is InChI=1S/C25H17Br2N.C19H16BNO2.C19H14BrN.2C12H9N.C7H6BrI.C6H3Br3/c1-16-12-20(10-11-21(16)17-13-18(26)15-19(27)14-17)28-24-8-4-2-6-22(24)23-7-3-5-9-25(23)28;1-13-12-14(10-11-17(13)20(22)23)21-18-8-4-2-6-15(18)16-7-3-5-9-19(16)21;1-13-12-14(10-11-17(13)20)21-18-8-4-2-6-15(18)16-7-3-5-9-19(16)21;2*1-3-7-11-9(5-1)10-6-2-4-8-12(10)13-11;1-5-4-6(9)2-3-7(5)8;7-4-1-5(8)3-6(9)2-4/h2-15H,1H3;2-12,22-23H,1H3;2-12H,1H3;2*1-8,13H;2-4H,1H3;1-3H. The summed E-state index contributed by atoms with van der Waals surface area (Å²) in [5, 5.41) is 31.7. The van der Waals surface area contributed by atoms with E-state index in [2.05, 4.69) is 482 Å². The Bertz CT molecular complexity index is 6730. The maximum atomic E-state index is 9.42. The summed E-state index contributed by atoms with van der Waals surface area (Å²) >= 11 is 26.6. The van der Waals surface area contributed by atoms with Crippen LogP contribution in [0.25, 0.3) is 137 Å². The number of halogens is 8. The SMILES string of the molecule is Brc1cc(Br)cc(Br)c1.Cc1cc(-n2c3ccccc3c3ccccc32)ccc1-c1cc(Br)cc(Br)c1.Cc1cc(-n2c3ccccc3c3ccccc32)ccc1B(O)O.Cc1cc(-n2c3ccccc3c3ccccc32)ccc1Br.Cc1cc(I)ccc1Br.c1ccc2c(c1)[nH]c1ccccc12.c1ccc2c(c1)[nH]c1ccccc12. The Labute approximate surface area is 746 Å². The maximum absolute atomic E-state index is 9.42. The average Bonchev–Trinajstić information content (AvgIpc) is 1.61. The van der Waals surface area contributed by atoms with Gasteiger partial charge in [-0.05, 0) is 247 Å². The minimum absolute atomic E-state index is 0.537. The second-order valence-corrected chi connectivity index (χ2v) is 35.6. The van der Waals surface area contributed by atoms with Crippen LogP contribution < -0.4 is 5.46 Å². The van der Waals surface area contributed by atoms with Crippen molar-refractivity contribution in [2.24, 2.45) is 0 Å². The molecule has 16 heteroatoms. The van der Waals surface area contributed by atoms with Crippen LogP contribution in [0.4, 0.5) is 0 Å². The number of H-pyrrole nitrogens is 2. The minimum Gasteiger partial charge on any atom is -0.423 e. The van der Waals surface area contributed by atoms with Gasteiger partial charge in [-0.25, -0.2) is 0 Å². The Balaban J connectivity index is 0.000000110. The molecule has 0 radical (unpaired) electrons. The molecule has 0 fully saturated rings. The molecule has 16 aromatic carbocycles. The molecule has 116 heavy (non-hydrogen) atoms. The molecular formula is C100H74BBr7IN5O2. The molecule has 0 saturated heterocycles. The van der Waals surface area contributed by atoms with Crippen LogP contribution in [0.15, 0.2) is 383 Å². The number of nitrogens with one attached hydrogen (secondary N) is 2. The van der Waals surface area contributed by atoms with Crippen molar-refractivity contribution in [2.75, 3.05) is 0 Å². The second-order valence-electron chi connectivity index (χ2n) is 28.0. The van der Waals surface area contributed by atoms with Crippen molar-refractivity contribution in [2.45, 2.75) is 27.7 Å². The van der Waals surface area contributed by atoms with Crippen LogP contribution in [0.3, 0.4) is 0 Å². The monoisotopic (exact) mass is 2070 g/mol. The van der Waals surface area contributed by atoms with Crippen molar-refractivity contribution in [1.82, 2.24) is 23.7 Å². The predicted octanol–water partition coefficient (Wildman–Crippen LogP) is 30.9. The maximum Gasteiger partial charge on any atom is 0.488 e. The Morgan fingerprint density at radius 1 is 0.259 bits per heavy atom. The molecule has 0 aliphatic heterocycles. The third-order valence-corrected chi connectivity index (χ3v) is 25.1. The van der Waals surface area contributed by atoms with Crippen LogP contribution in [0.2, 0.25) is 0 Å². The van der Waals surface area contributed by atoms with E-state index in [1.165, 1.54) is 145 Å². The van der Waals surface area contributed by atoms with E-state index in [4.69, 9.17) is 0 Å². The lowest BCUT2D eigenvalue weighted by molar-refractivity contribution is 0.425. The molecule has 0 aliphatic carbocycles. The van der Waals surface area contributed by atoms with E-state index in [-0.39, 0.29) is 0 Å². The number of fused-ring (bicyclic) bond motifs is 15. The molecule has 4 N–H and O–H groups in total. The van der Waals surface area contributed by atoms with Crippen molar-refractivity contribution >= 4 is 256 Å². The topological polar surface area (TPSA) is 86.8 Å². The number of aromatic amines is 2. The Hall–Kier alpha value is -9.41. The molecule has 0 bridgehead atoms. The van der Waals surface area contributed by atoms with Crippen molar-refractivity contribution in [3.63, 3.8) is 0 Å². The van der Waals surface area contributed by atoms with Gasteiger partial charge in [0.15, 0.2) is 0 Å². The normalized spacial score (nSPS) is 11.0. The van der Waals surface area contributed by atoms with Crippen LogP contribution in [-0.2, 0) is 0 Å². The summed E-state index contributed by atoms with van der Waals surface area (Å²) < 4.78 is 15.9. The quantitative estimate of drug-likeness (QED) is 0.102. The summed E-state index contributed by atoms with van der Waals surface area (Å²) in [7, 11) is -1.44. The summed E-state index contributed by atoms with van der Waals surface area (Å²) in [5.74, 6) is 0. The van der Waals surface area contributed by atoms with Gasteiger partial charge in [-0.2, -0.15) is 0 Å². The van der Waals surface area contributed by atoms with Crippen LogP contribution in [0.1, 0.15) is 22.3 Å². The molecule has 0 saturated carbocycles. The molecule has 0 amide bonds. The average molecular weight is 2070 g/mol. The van der Waals surface area contributed by atoms with Crippen molar-refractivity contribution < 1.29 is 10.0 Å². The van der Waals surface area contributed by atoms with Crippen LogP contribution in [0, 0.1) is 31.3 Å². The fourth-order valence-electron chi connectivity index (χ4n) is 15.0. The zero-order valence-corrected chi connectivity index (χ0v) is 76.6. The fourth-order valence-corrected chi connectivity index (χ4v) is 19.8. The van der Waals surface area contributed by atoms with Crippen LogP contribution in [0.5, 0.6) is 0 Å². The molecule has 0 aliphatic rings.